The van der Waals surface area contributed by atoms with Crippen LogP contribution in [0.5, 0.6) is 0 Å². The fraction of sp³-hybridized carbons (Fsp3) is 0.467. The van der Waals surface area contributed by atoms with Gasteiger partial charge in [0.15, 0.2) is 0 Å². The van der Waals surface area contributed by atoms with Crippen LogP contribution >= 0.6 is 7.92 Å². The minimum absolute atomic E-state index is 0.0177. The standard InChI is InChI=1S/C45H58NP/c1-41(2,3)31-23-32(42(4,5)6)26-35(25-31)47(36-27-33(43(7,8)9)24-34(28-36)44(10,11)12)38-18-14-16-30-20-22-45(40(30)38)21-19-29-15-13-17-37(46)39(29)45/h13-18,23-28H,19-22,46H2,1-12H3/t45-/m0/s1. The second-order valence-corrected chi connectivity index (χ2v) is 20.8. The molecule has 6 rings (SSSR count). The van der Waals surface area contributed by atoms with Gasteiger partial charge in [0.05, 0.1) is 0 Å². The quantitative estimate of drug-likeness (QED) is 0.174. The maximum Gasteiger partial charge on any atom is 0.0358 e. The molecule has 1 spiro atoms. The van der Waals surface area contributed by atoms with Crippen molar-refractivity contribution in [3.8, 4) is 0 Å². The number of benzene rings is 4. The summed E-state index contributed by atoms with van der Waals surface area (Å²) in [5, 5.41) is 4.47. The predicted octanol–water partition coefficient (Wildman–Crippen LogP) is 10.4. The molecule has 2 aliphatic carbocycles. The van der Waals surface area contributed by atoms with Gasteiger partial charge in [-0.05, 0) is 122 Å². The molecule has 0 aromatic heterocycles. The summed E-state index contributed by atoms with van der Waals surface area (Å²) in [5.41, 5.74) is 19.7. The van der Waals surface area contributed by atoms with Gasteiger partial charge in [-0.1, -0.05) is 150 Å². The van der Waals surface area contributed by atoms with Gasteiger partial charge in [0, 0.05) is 11.1 Å². The van der Waals surface area contributed by atoms with Gasteiger partial charge in [0.25, 0.3) is 0 Å². The molecule has 4 aromatic carbocycles. The molecule has 1 nitrogen and oxygen atoms in total. The number of rotatable bonds is 3. The van der Waals surface area contributed by atoms with Crippen molar-refractivity contribution in [3.63, 3.8) is 0 Å². The zero-order chi connectivity index (χ0) is 34.3. The largest absolute Gasteiger partial charge is 0.398 e. The summed E-state index contributed by atoms with van der Waals surface area (Å²) in [4.78, 5) is 0. The second kappa shape index (κ2) is 11.3. The molecule has 0 radical (unpaired) electrons. The van der Waals surface area contributed by atoms with Crippen molar-refractivity contribution in [2.75, 3.05) is 5.73 Å². The van der Waals surface area contributed by atoms with Gasteiger partial charge in [-0.25, -0.2) is 0 Å². The summed E-state index contributed by atoms with van der Waals surface area (Å²) in [7, 11) is -0.884. The number of nitrogen functional groups attached to an aromatic ring is 1. The van der Waals surface area contributed by atoms with Crippen molar-refractivity contribution in [1.29, 1.82) is 0 Å². The van der Waals surface area contributed by atoms with E-state index in [4.69, 9.17) is 5.73 Å². The molecule has 0 heterocycles. The van der Waals surface area contributed by atoms with Gasteiger partial charge in [-0.15, -0.1) is 0 Å². The van der Waals surface area contributed by atoms with E-state index in [-0.39, 0.29) is 27.1 Å². The fourth-order valence-electron chi connectivity index (χ4n) is 8.03. The molecule has 0 saturated carbocycles. The summed E-state index contributed by atoms with van der Waals surface area (Å²) in [6, 6.07) is 29.1. The van der Waals surface area contributed by atoms with E-state index in [2.05, 4.69) is 156 Å². The van der Waals surface area contributed by atoms with E-state index in [1.54, 1.807) is 5.56 Å². The second-order valence-electron chi connectivity index (χ2n) is 18.6. The Balaban J connectivity index is 1.73. The molecule has 0 amide bonds. The number of aryl methyl sites for hydroxylation is 2. The third-order valence-corrected chi connectivity index (χ3v) is 13.4. The van der Waals surface area contributed by atoms with Crippen LogP contribution in [0.4, 0.5) is 5.69 Å². The van der Waals surface area contributed by atoms with Crippen molar-refractivity contribution in [2.24, 2.45) is 0 Å². The highest BCUT2D eigenvalue weighted by molar-refractivity contribution is 7.80. The molecule has 0 aliphatic heterocycles. The van der Waals surface area contributed by atoms with Gasteiger partial charge in [-0.3, -0.25) is 0 Å². The molecule has 2 aliphatic rings. The smallest absolute Gasteiger partial charge is 0.0358 e. The number of fused-ring (bicyclic) bond motifs is 4. The first-order valence-corrected chi connectivity index (χ1v) is 19.2. The molecule has 2 N–H and O–H groups in total. The zero-order valence-electron chi connectivity index (χ0n) is 31.3. The van der Waals surface area contributed by atoms with Gasteiger partial charge < -0.3 is 5.73 Å². The van der Waals surface area contributed by atoms with Crippen LogP contribution in [-0.2, 0) is 39.9 Å². The van der Waals surface area contributed by atoms with E-state index in [0.717, 1.165) is 31.4 Å². The molecule has 248 valence electrons. The van der Waals surface area contributed by atoms with Crippen LogP contribution in [0.3, 0.4) is 0 Å². The van der Waals surface area contributed by atoms with Crippen LogP contribution in [-0.4, -0.2) is 0 Å². The highest BCUT2D eigenvalue weighted by Gasteiger charge is 2.48. The van der Waals surface area contributed by atoms with E-state index in [9.17, 15) is 0 Å². The minimum Gasteiger partial charge on any atom is -0.398 e. The minimum atomic E-state index is -0.884. The molecule has 2 heteroatoms. The maximum atomic E-state index is 6.91. The van der Waals surface area contributed by atoms with Crippen molar-refractivity contribution < 1.29 is 0 Å². The lowest BCUT2D eigenvalue weighted by atomic mass is 9.76. The maximum absolute atomic E-state index is 6.91. The molecule has 0 bridgehead atoms. The number of hydrogen-bond donors (Lipinski definition) is 1. The van der Waals surface area contributed by atoms with Crippen LogP contribution in [0.1, 0.15) is 140 Å². The monoisotopic (exact) mass is 643 g/mol. The Hall–Kier alpha value is -2.89. The highest BCUT2D eigenvalue weighted by Crippen LogP contribution is 2.56. The van der Waals surface area contributed by atoms with Crippen LogP contribution in [0.2, 0.25) is 0 Å². The molecular formula is C45H58NP. The predicted molar refractivity (Wildman–Crippen MR) is 208 cm³/mol. The molecule has 0 unspecified atom stereocenters. The Morgan fingerprint density at radius 2 is 0.894 bits per heavy atom. The average molecular weight is 644 g/mol. The molecule has 4 aromatic rings. The van der Waals surface area contributed by atoms with E-state index in [1.807, 2.05) is 0 Å². The van der Waals surface area contributed by atoms with Crippen LogP contribution < -0.4 is 21.6 Å². The first-order valence-electron chi connectivity index (χ1n) is 17.8. The number of nitrogens with two attached hydrogens (primary N) is 1. The summed E-state index contributed by atoms with van der Waals surface area (Å²) in [5.74, 6) is 0. The van der Waals surface area contributed by atoms with Crippen molar-refractivity contribution >= 4 is 29.5 Å². The Bertz CT molecular complexity index is 1690. The summed E-state index contributed by atoms with van der Waals surface area (Å²) in [6.07, 6.45) is 4.51. The highest BCUT2D eigenvalue weighted by atomic mass is 31.1. The van der Waals surface area contributed by atoms with Gasteiger partial charge in [0.2, 0.25) is 0 Å². The van der Waals surface area contributed by atoms with Crippen LogP contribution in [0, 0.1) is 0 Å². The molecule has 47 heavy (non-hydrogen) atoms. The molecule has 0 fully saturated rings. The topological polar surface area (TPSA) is 26.0 Å². The van der Waals surface area contributed by atoms with Crippen molar-refractivity contribution in [1.82, 2.24) is 0 Å². The van der Waals surface area contributed by atoms with E-state index in [1.165, 1.54) is 54.9 Å². The summed E-state index contributed by atoms with van der Waals surface area (Å²) < 4.78 is 0. The van der Waals surface area contributed by atoms with E-state index in [0.29, 0.717) is 0 Å². The summed E-state index contributed by atoms with van der Waals surface area (Å²) in [6.45, 7) is 28.4. The molecular weight excluding hydrogens is 585 g/mol. The number of anilines is 1. The first-order chi connectivity index (χ1) is 21.7. The lowest BCUT2D eigenvalue weighted by molar-refractivity contribution is 0.511. The average Bonchev–Trinajstić information content (AvgIpc) is 3.53. The normalized spacial score (nSPS) is 18.2. The Morgan fingerprint density at radius 1 is 0.511 bits per heavy atom. The van der Waals surface area contributed by atoms with E-state index < -0.39 is 7.92 Å². The van der Waals surface area contributed by atoms with Gasteiger partial charge in [-0.2, -0.15) is 0 Å². The lowest BCUT2D eigenvalue weighted by Crippen LogP contribution is -2.33. The third-order valence-electron chi connectivity index (χ3n) is 11.0. The Kier molecular flexibility index (Phi) is 8.20. The molecule has 1 atom stereocenters. The first kappa shape index (κ1) is 34.0. The van der Waals surface area contributed by atoms with Gasteiger partial charge >= 0.3 is 0 Å². The fourth-order valence-corrected chi connectivity index (χ4v) is 10.8. The van der Waals surface area contributed by atoms with Gasteiger partial charge in [0.1, 0.15) is 0 Å². The van der Waals surface area contributed by atoms with Crippen molar-refractivity contribution in [2.45, 2.75) is 136 Å². The van der Waals surface area contributed by atoms with E-state index >= 15 is 0 Å². The van der Waals surface area contributed by atoms with Crippen LogP contribution in [0.25, 0.3) is 0 Å². The SMILES string of the molecule is CC(C)(C)c1cc(P(c2cc(C(C)(C)C)cc(C(C)(C)C)c2)c2cccc3c2[C@@]2(CCc4cccc(N)c42)CC3)cc(C(C)(C)C)c1. The molecule has 0 saturated heterocycles. The van der Waals surface area contributed by atoms with Crippen LogP contribution in [0.15, 0.2) is 72.8 Å². The Morgan fingerprint density at radius 3 is 1.30 bits per heavy atom. The third kappa shape index (κ3) is 6.12. The number of hydrogen-bond acceptors (Lipinski definition) is 1. The lowest BCUT2D eigenvalue weighted by Gasteiger charge is -2.35. The zero-order valence-corrected chi connectivity index (χ0v) is 32.2. The van der Waals surface area contributed by atoms with Crippen molar-refractivity contribution in [3.05, 3.63) is 117 Å². The Labute approximate surface area is 287 Å². The summed E-state index contributed by atoms with van der Waals surface area (Å²) >= 11 is 0.